The molecule has 0 atom stereocenters. The van der Waals surface area contributed by atoms with Crippen LogP contribution in [0.25, 0.3) is 22.5 Å². The Morgan fingerprint density at radius 2 is 1.22 bits per heavy atom. The van der Waals surface area contributed by atoms with Gasteiger partial charge in [0.25, 0.3) is 0 Å². The van der Waals surface area contributed by atoms with Gasteiger partial charge in [-0.25, -0.2) is 9.97 Å². The van der Waals surface area contributed by atoms with Crippen molar-refractivity contribution in [3.05, 3.63) is 70.2 Å². The standard InChI is InChI=1S/C10H3BrCl2N2S.C10H5Cl2N3S/c11-10-15-9(8(4-14)16-10)5-1-2-6(12)7(13)3-5;11-6-2-1-5(3-7(6)12)9-8(4-13)16-10(14)15-9/h1-3H;1-3H,(H2,14,15). The summed E-state index contributed by atoms with van der Waals surface area (Å²) in [6, 6.07) is 14.4. The van der Waals surface area contributed by atoms with Gasteiger partial charge in [0.15, 0.2) is 9.05 Å². The number of nitrogen functional groups attached to an aromatic ring is 1. The van der Waals surface area contributed by atoms with Crippen LogP contribution in [0.4, 0.5) is 5.13 Å². The number of rotatable bonds is 2. The number of aromatic nitrogens is 2. The van der Waals surface area contributed by atoms with Gasteiger partial charge in [-0.1, -0.05) is 81.2 Å². The zero-order valence-corrected chi connectivity index (χ0v) is 21.8. The number of thiazole rings is 2. The van der Waals surface area contributed by atoms with Gasteiger partial charge in [0.05, 0.1) is 20.1 Å². The average Bonchev–Trinajstić information content (AvgIpc) is 3.34. The molecule has 4 aromatic rings. The molecule has 0 aliphatic heterocycles. The third-order valence-electron chi connectivity index (χ3n) is 3.83. The summed E-state index contributed by atoms with van der Waals surface area (Å²) in [6.45, 7) is 0. The lowest BCUT2D eigenvalue weighted by molar-refractivity contribution is 1.36. The lowest BCUT2D eigenvalue weighted by Gasteiger charge is -2.00. The first kappa shape index (κ1) is 24.8. The molecule has 160 valence electrons. The van der Waals surface area contributed by atoms with Crippen LogP contribution in [0.15, 0.2) is 40.3 Å². The minimum Gasteiger partial charge on any atom is -0.375 e. The van der Waals surface area contributed by atoms with E-state index in [1.165, 1.54) is 11.3 Å². The predicted molar refractivity (Wildman–Crippen MR) is 137 cm³/mol. The maximum absolute atomic E-state index is 8.96. The second kappa shape index (κ2) is 10.8. The third kappa shape index (κ3) is 5.72. The van der Waals surface area contributed by atoms with Crippen molar-refractivity contribution in [1.29, 1.82) is 10.5 Å². The van der Waals surface area contributed by atoms with Gasteiger partial charge < -0.3 is 5.73 Å². The summed E-state index contributed by atoms with van der Waals surface area (Å²) in [4.78, 5) is 9.34. The summed E-state index contributed by atoms with van der Waals surface area (Å²) >= 11 is 29.1. The SMILES string of the molecule is N#Cc1sc(Br)nc1-c1ccc(Cl)c(Cl)c1.N#Cc1sc(N)nc1-c1ccc(Cl)c(Cl)c1. The van der Waals surface area contributed by atoms with Gasteiger partial charge >= 0.3 is 0 Å². The minimum atomic E-state index is 0.359. The largest absolute Gasteiger partial charge is 0.375 e. The number of nitrogens with zero attached hydrogens (tertiary/aromatic N) is 4. The number of hydrogen-bond donors (Lipinski definition) is 1. The Labute approximate surface area is 219 Å². The number of anilines is 1. The van der Waals surface area contributed by atoms with Crippen molar-refractivity contribution in [1.82, 2.24) is 9.97 Å². The number of nitriles is 2. The second-order valence-electron chi connectivity index (χ2n) is 5.86. The summed E-state index contributed by atoms with van der Waals surface area (Å²) in [5.74, 6) is 0. The van der Waals surface area contributed by atoms with Crippen molar-refractivity contribution in [3.8, 4) is 34.7 Å². The Bertz CT molecular complexity index is 1280. The summed E-state index contributed by atoms with van der Waals surface area (Å²) < 4.78 is 0.671. The molecule has 12 heteroatoms. The second-order valence-corrected chi connectivity index (χ2v) is 10.8. The van der Waals surface area contributed by atoms with E-state index in [1.807, 2.05) is 6.07 Å². The van der Waals surface area contributed by atoms with Crippen LogP contribution in [-0.2, 0) is 0 Å². The monoisotopic (exact) mass is 601 g/mol. The number of nitrogens with two attached hydrogens (primary N) is 1. The Morgan fingerprint density at radius 1 is 0.750 bits per heavy atom. The first-order valence-electron chi connectivity index (χ1n) is 8.37. The lowest BCUT2D eigenvalue weighted by Crippen LogP contribution is -1.84. The Morgan fingerprint density at radius 3 is 1.69 bits per heavy atom. The van der Waals surface area contributed by atoms with Crippen molar-refractivity contribution in [2.45, 2.75) is 0 Å². The average molecular weight is 604 g/mol. The highest BCUT2D eigenvalue weighted by Gasteiger charge is 2.13. The quantitative estimate of drug-likeness (QED) is 0.248. The molecular formula is C20H8BrCl4N5S2. The molecule has 0 spiro atoms. The molecule has 2 aromatic carbocycles. The molecule has 2 heterocycles. The van der Waals surface area contributed by atoms with E-state index in [-0.39, 0.29) is 0 Å². The van der Waals surface area contributed by atoms with Crippen molar-refractivity contribution >= 4 is 90.1 Å². The molecule has 4 rings (SSSR count). The fraction of sp³-hybridized carbons (Fsp3) is 0. The Hall–Kier alpha value is -1.88. The number of benzene rings is 2. The molecule has 0 amide bonds. The van der Waals surface area contributed by atoms with Gasteiger partial charge in [-0.15, -0.1) is 0 Å². The fourth-order valence-corrected chi connectivity index (χ4v) is 4.98. The van der Waals surface area contributed by atoms with E-state index in [4.69, 9.17) is 62.7 Å². The molecule has 5 nitrogen and oxygen atoms in total. The maximum atomic E-state index is 8.96. The van der Waals surface area contributed by atoms with Crippen LogP contribution >= 0.6 is 85.0 Å². The normalized spacial score (nSPS) is 10.1. The number of halogens is 5. The fourth-order valence-electron chi connectivity index (χ4n) is 2.46. The van der Waals surface area contributed by atoms with Gasteiger partial charge in [-0.05, 0) is 40.2 Å². The van der Waals surface area contributed by atoms with E-state index in [0.29, 0.717) is 50.3 Å². The molecule has 0 bridgehead atoms. The molecule has 0 saturated heterocycles. The molecule has 0 aliphatic rings. The van der Waals surface area contributed by atoms with Crippen LogP contribution in [0.3, 0.4) is 0 Å². The maximum Gasteiger partial charge on any atom is 0.181 e. The van der Waals surface area contributed by atoms with E-state index < -0.39 is 0 Å². The van der Waals surface area contributed by atoms with Crippen LogP contribution in [0.5, 0.6) is 0 Å². The first-order valence-corrected chi connectivity index (χ1v) is 12.3. The van der Waals surface area contributed by atoms with Crippen molar-refractivity contribution in [3.63, 3.8) is 0 Å². The van der Waals surface area contributed by atoms with E-state index in [9.17, 15) is 0 Å². The molecule has 32 heavy (non-hydrogen) atoms. The van der Waals surface area contributed by atoms with E-state index >= 15 is 0 Å². The summed E-state index contributed by atoms with van der Waals surface area (Å²) in [6.07, 6.45) is 0. The van der Waals surface area contributed by atoms with Gasteiger partial charge in [0.1, 0.15) is 33.3 Å². The predicted octanol–water partition coefficient (Wildman–Crippen LogP) is 8.32. The van der Waals surface area contributed by atoms with Crippen LogP contribution in [0.1, 0.15) is 9.75 Å². The van der Waals surface area contributed by atoms with Gasteiger partial charge in [-0.2, -0.15) is 10.5 Å². The molecule has 0 fully saturated rings. The molecule has 0 aliphatic carbocycles. The van der Waals surface area contributed by atoms with E-state index in [1.54, 1.807) is 36.4 Å². The Balaban J connectivity index is 0.000000181. The topological polar surface area (TPSA) is 99.4 Å². The summed E-state index contributed by atoms with van der Waals surface area (Å²) in [5.41, 5.74) is 8.25. The number of hydrogen-bond acceptors (Lipinski definition) is 7. The van der Waals surface area contributed by atoms with Crippen molar-refractivity contribution in [2.24, 2.45) is 0 Å². The zero-order chi connectivity index (χ0) is 23.4. The van der Waals surface area contributed by atoms with Crippen LogP contribution in [0.2, 0.25) is 20.1 Å². The van der Waals surface area contributed by atoms with Crippen molar-refractivity contribution < 1.29 is 0 Å². The molecular weight excluding hydrogens is 596 g/mol. The lowest BCUT2D eigenvalue weighted by atomic mass is 10.1. The van der Waals surface area contributed by atoms with E-state index in [0.717, 1.165) is 22.5 Å². The first-order chi connectivity index (χ1) is 15.2. The highest BCUT2D eigenvalue weighted by atomic mass is 79.9. The molecule has 2 N–H and O–H groups in total. The van der Waals surface area contributed by atoms with Gasteiger partial charge in [0.2, 0.25) is 0 Å². The van der Waals surface area contributed by atoms with Crippen molar-refractivity contribution in [2.75, 3.05) is 5.73 Å². The zero-order valence-electron chi connectivity index (χ0n) is 15.5. The molecule has 0 saturated carbocycles. The highest BCUT2D eigenvalue weighted by molar-refractivity contribution is 9.11. The molecule has 0 unspecified atom stereocenters. The molecule has 0 radical (unpaired) electrons. The van der Waals surface area contributed by atoms with Crippen LogP contribution in [0, 0.1) is 22.7 Å². The minimum absolute atomic E-state index is 0.359. The van der Waals surface area contributed by atoms with E-state index in [2.05, 4.69) is 32.0 Å². The smallest absolute Gasteiger partial charge is 0.181 e. The van der Waals surface area contributed by atoms with Gasteiger partial charge in [-0.3, -0.25) is 0 Å². The van der Waals surface area contributed by atoms with Crippen LogP contribution < -0.4 is 5.73 Å². The molecule has 2 aromatic heterocycles. The summed E-state index contributed by atoms with van der Waals surface area (Å²) in [5, 5.41) is 20.1. The Kier molecular flexibility index (Phi) is 8.37. The third-order valence-corrected chi connectivity index (χ3v) is 7.51. The highest BCUT2D eigenvalue weighted by Crippen LogP contribution is 2.34. The van der Waals surface area contributed by atoms with Gasteiger partial charge in [0, 0.05) is 11.1 Å². The van der Waals surface area contributed by atoms with Crippen LogP contribution in [-0.4, -0.2) is 9.97 Å². The summed E-state index contributed by atoms with van der Waals surface area (Å²) in [7, 11) is 0.